The molecule has 90 valence electrons. The van der Waals surface area contributed by atoms with Gasteiger partial charge in [-0.05, 0) is 32.3 Å². The lowest BCUT2D eigenvalue weighted by molar-refractivity contribution is 0.101. The van der Waals surface area contributed by atoms with Gasteiger partial charge in [-0.3, -0.25) is 4.79 Å². The lowest BCUT2D eigenvalue weighted by Crippen LogP contribution is -2.02. The number of aromatic nitrogens is 2. The molecule has 0 aliphatic carbocycles. The maximum absolute atomic E-state index is 11.5. The third-order valence-corrected chi connectivity index (χ3v) is 4.12. The Morgan fingerprint density at radius 3 is 2.82 bits per heavy atom. The highest BCUT2D eigenvalue weighted by atomic mass is 32.1. The van der Waals surface area contributed by atoms with Gasteiger partial charge in [0.25, 0.3) is 0 Å². The molecular formula is C11H13N3OS2. The summed E-state index contributed by atoms with van der Waals surface area (Å²) in [6, 6.07) is 0. The van der Waals surface area contributed by atoms with E-state index in [1.54, 1.807) is 18.3 Å². The molecule has 4 nitrogen and oxygen atoms in total. The van der Waals surface area contributed by atoms with Crippen molar-refractivity contribution >= 4 is 33.7 Å². The molecule has 0 amide bonds. The Morgan fingerprint density at radius 1 is 1.47 bits per heavy atom. The number of nitrogens with one attached hydrogen (secondary N) is 1. The molecule has 0 radical (unpaired) electrons. The van der Waals surface area contributed by atoms with E-state index >= 15 is 0 Å². The van der Waals surface area contributed by atoms with Gasteiger partial charge < -0.3 is 5.32 Å². The Hall–Kier alpha value is -1.27. The van der Waals surface area contributed by atoms with Gasteiger partial charge in [-0.2, -0.15) is 4.37 Å². The molecule has 0 aliphatic rings. The lowest BCUT2D eigenvalue weighted by atomic mass is 10.2. The van der Waals surface area contributed by atoms with Gasteiger partial charge in [0.05, 0.1) is 22.8 Å². The molecule has 0 saturated carbocycles. The van der Waals surface area contributed by atoms with Crippen molar-refractivity contribution in [2.24, 2.45) is 0 Å². The van der Waals surface area contributed by atoms with E-state index in [4.69, 9.17) is 0 Å². The number of hydrogen-bond donors (Lipinski definition) is 1. The van der Waals surface area contributed by atoms with E-state index in [1.807, 2.05) is 20.0 Å². The van der Waals surface area contributed by atoms with E-state index in [1.165, 1.54) is 11.5 Å². The average molecular weight is 267 g/mol. The second-order valence-corrected chi connectivity index (χ2v) is 5.82. The van der Waals surface area contributed by atoms with Gasteiger partial charge in [0, 0.05) is 11.1 Å². The molecule has 0 spiro atoms. The number of nitrogens with zero attached hydrogens (tertiary/aromatic N) is 2. The normalized spacial score (nSPS) is 10.5. The van der Waals surface area contributed by atoms with Gasteiger partial charge in [0.1, 0.15) is 5.00 Å². The largest absolute Gasteiger partial charge is 0.370 e. The van der Waals surface area contributed by atoms with Crippen molar-refractivity contribution in [2.45, 2.75) is 27.3 Å². The number of carbonyl (C=O) groups excluding carboxylic acids is 1. The van der Waals surface area contributed by atoms with Crippen LogP contribution in [0.4, 0.5) is 5.00 Å². The Bertz CT molecular complexity index is 545. The molecule has 2 rings (SSSR count). The summed E-state index contributed by atoms with van der Waals surface area (Å²) in [5, 5.41) is 5.15. The van der Waals surface area contributed by atoms with Crippen LogP contribution in [-0.2, 0) is 6.54 Å². The summed E-state index contributed by atoms with van der Waals surface area (Å²) in [4.78, 5) is 16.8. The Balaban J connectivity index is 2.11. The predicted octanol–water partition coefficient (Wildman–Crippen LogP) is 3.03. The molecule has 2 aromatic heterocycles. The van der Waals surface area contributed by atoms with Crippen LogP contribution < -0.4 is 5.32 Å². The van der Waals surface area contributed by atoms with E-state index in [0.717, 1.165) is 20.6 Å². The van der Waals surface area contributed by atoms with Crippen molar-refractivity contribution in [3.8, 4) is 0 Å². The van der Waals surface area contributed by atoms with Gasteiger partial charge in [-0.25, -0.2) is 4.98 Å². The van der Waals surface area contributed by atoms with Gasteiger partial charge in [-0.1, -0.05) is 0 Å². The molecule has 1 N–H and O–H groups in total. The Morgan fingerprint density at radius 2 is 2.24 bits per heavy atom. The monoisotopic (exact) mass is 267 g/mol. The third-order valence-electron chi connectivity index (χ3n) is 2.31. The van der Waals surface area contributed by atoms with E-state index < -0.39 is 0 Å². The van der Waals surface area contributed by atoms with Crippen LogP contribution in [0.2, 0.25) is 0 Å². The number of anilines is 1. The summed E-state index contributed by atoms with van der Waals surface area (Å²) < 4.78 is 4.20. The number of Topliss-reactive ketones (excluding diaryl/α,β-unsaturated/α-hetero) is 1. The molecule has 0 bridgehead atoms. The summed E-state index contributed by atoms with van der Waals surface area (Å²) in [6.07, 6.45) is 1.86. The fourth-order valence-corrected chi connectivity index (χ4v) is 3.13. The molecule has 0 saturated heterocycles. The van der Waals surface area contributed by atoms with E-state index in [0.29, 0.717) is 12.1 Å². The molecule has 0 fully saturated rings. The van der Waals surface area contributed by atoms with Crippen LogP contribution in [0.1, 0.15) is 32.9 Å². The molecule has 2 heterocycles. The predicted molar refractivity (Wildman–Crippen MR) is 71.0 cm³/mol. The standard InChI is InChI=1S/C11H13N3OS2/c1-6-10(7(2)15)11(17-14-6)13-5-9-4-12-8(3)16-9/h4,13H,5H2,1-3H3. The number of aryl methyl sites for hydroxylation is 2. The summed E-state index contributed by atoms with van der Waals surface area (Å²) >= 11 is 2.99. The van der Waals surface area contributed by atoms with Crippen LogP contribution in [0.25, 0.3) is 0 Å². The second kappa shape index (κ2) is 4.93. The van der Waals surface area contributed by atoms with Crippen LogP contribution >= 0.6 is 22.9 Å². The Kier molecular flexibility index (Phi) is 3.54. The first kappa shape index (κ1) is 12.2. The zero-order valence-electron chi connectivity index (χ0n) is 9.90. The zero-order valence-corrected chi connectivity index (χ0v) is 11.5. The molecule has 2 aromatic rings. The molecular weight excluding hydrogens is 254 g/mol. The lowest BCUT2D eigenvalue weighted by Gasteiger charge is -2.02. The Labute approximate surface area is 108 Å². The van der Waals surface area contributed by atoms with Crippen molar-refractivity contribution in [3.63, 3.8) is 0 Å². The first-order valence-corrected chi connectivity index (χ1v) is 6.79. The van der Waals surface area contributed by atoms with Crippen LogP contribution in [0, 0.1) is 13.8 Å². The number of carbonyl (C=O) groups is 1. The third kappa shape index (κ3) is 2.70. The van der Waals surface area contributed by atoms with Gasteiger partial charge in [-0.15, -0.1) is 11.3 Å². The summed E-state index contributed by atoms with van der Waals surface area (Å²) in [7, 11) is 0. The highest BCUT2D eigenvalue weighted by Gasteiger charge is 2.14. The minimum atomic E-state index is 0.0548. The average Bonchev–Trinajstić information content (AvgIpc) is 2.82. The first-order chi connectivity index (χ1) is 8.08. The molecule has 6 heteroatoms. The summed E-state index contributed by atoms with van der Waals surface area (Å²) in [6.45, 7) is 6.09. The highest BCUT2D eigenvalue weighted by Crippen LogP contribution is 2.26. The molecule has 0 aliphatic heterocycles. The van der Waals surface area contributed by atoms with Gasteiger partial charge >= 0.3 is 0 Å². The zero-order chi connectivity index (χ0) is 12.4. The molecule has 0 atom stereocenters. The molecule has 17 heavy (non-hydrogen) atoms. The molecule has 0 unspecified atom stereocenters. The van der Waals surface area contributed by atoms with Crippen LogP contribution in [0.15, 0.2) is 6.20 Å². The number of ketones is 1. The maximum atomic E-state index is 11.5. The van der Waals surface area contributed by atoms with Crippen LogP contribution in [-0.4, -0.2) is 15.1 Å². The maximum Gasteiger partial charge on any atom is 0.164 e. The van der Waals surface area contributed by atoms with Gasteiger partial charge in [0.2, 0.25) is 0 Å². The minimum absolute atomic E-state index is 0.0548. The van der Waals surface area contributed by atoms with Crippen molar-refractivity contribution in [2.75, 3.05) is 5.32 Å². The van der Waals surface area contributed by atoms with Crippen molar-refractivity contribution in [1.82, 2.24) is 9.36 Å². The highest BCUT2D eigenvalue weighted by molar-refractivity contribution is 7.11. The second-order valence-electron chi connectivity index (χ2n) is 3.73. The fraction of sp³-hybridized carbons (Fsp3) is 0.364. The van der Waals surface area contributed by atoms with Crippen molar-refractivity contribution < 1.29 is 4.79 Å². The van der Waals surface area contributed by atoms with E-state index in [2.05, 4.69) is 14.7 Å². The van der Waals surface area contributed by atoms with Crippen molar-refractivity contribution in [3.05, 3.63) is 27.3 Å². The van der Waals surface area contributed by atoms with Gasteiger partial charge in [0.15, 0.2) is 5.78 Å². The summed E-state index contributed by atoms with van der Waals surface area (Å²) in [5.74, 6) is 0.0548. The van der Waals surface area contributed by atoms with E-state index in [-0.39, 0.29) is 5.78 Å². The summed E-state index contributed by atoms with van der Waals surface area (Å²) in [5.41, 5.74) is 1.50. The van der Waals surface area contributed by atoms with Crippen LogP contribution in [0.3, 0.4) is 0 Å². The van der Waals surface area contributed by atoms with Crippen molar-refractivity contribution in [1.29, 1.82) is 0 Å². The van der Waals surface area contributed by atoms with Crippen LogP contribution in [0.5, 0.6) is 0 Å². The number of hydrogen-bond acceptors (Lipinski definition) is 6. The number of thiazole rings is 1. The number of rotatable bonds is 4. The minimum Gasteiger partial charge on any atom is -0.370 e. The smallest absolute Gasteiger partial charge is 0.164 e. The fourth-order valence-electron chi connectivity index (χ4n) is 1.56. The SMILES string of the molecule is CC(=O)c1c(C)nsc1NCc1cnc(C)s1. The topological polar surface area (TPSA) is 54.9 Å². The first-order valence-electron chi connectivity index (χ1n) is 5.20. The quantitative estimate of drug-likeness (QED) is 0.865. The van der Waals surface area contributed by atoms with E-state index in [9.17, 15) is 4.79 Å². The molecule has 0 aromatic carbocycles.